The Morgan fingerprint density at radius 3 is 2.06 bits per heavy atom. The van der Waals surface area contributed by atoms with Crippen molar-refractivity contribution < 1.29 is 19.1 Å². The van der Waals surface area contributed by atoms with Gasteiger partial charge in [-0.05, 0) is 45.7 Å². The standard InChI is InChI=1S/C30H31NO4/c1-19-31(27(28(32)35-19)17-20-13-15-21(16-14-20)30(2,3)4)29(33)34-18-26-24-11-7-5-9-22(24)23-10-6-8-12-25(23)26/h5-16,19,26-27H,17-18H2,1-4H3/t19?,27-/m0/s1. The van der Waals surface area contributed by atoms with Gasteiger partial charge in [-0.25, -0.2) is 9.59 Å². The maximum atomic E-state index is 13.2. The molecule has 1 saturated heterocycles. The highest BCUT2D eigenvalue weighted by Gasteiger charge is 2.44. The van der Waals surface area contributed by atoms with E-state index in [4.69, 9.17) is 9.47 Å². The third-order valence-corrected chi connectivity index (χ3v) is 7.08. The average molecular weight is 470 g/mol. The molecule has 5 rings (SSSR count). The van der Waals surface area contributed by atoms with E-state index in [1.165, 1.54) is 21.6 Å². The smallest absolute Gasteiger partial charge is 0.413 e. The number of carbonyl (C=O) groups is 2. The number of fused-ring (bicyclic) bond motifs is 3. The molecule has 0 spiro atoms. The molecular weight excluding hydrogens is 438 g/mol. The molecule has 2 atom stereocenters. The number of nitrogens with zero attached hydrogens (tertiary/aromatic N) is 1. The molecule has 0 N–H and O–H groups in total. The second-order valence-electron chi connectivity index (χ2n) is 10.4. The van der Waals surface area contributed by atoms with E-state index in [-0.39, 0.29) is 17.9 Å². The Labute approximate surface area is 206 Å². The van der Waals surface area contributed by atoms with Crippen molar-refractivity contribution in [2.75, 3.05) is 6.61 Å². The molecule has 3 aromatic carbocycles. The number of hydrogen-bond donors (Lipinski definition) is 0. The Morgan fingerprint density at radius 2 is 1.49 bits per heavy atom. The van der Waals surface area contributed by atoms with Crippen LogP contribution in [-0.4, -0.2) is 35.8 Å². The van der Waals surface area contributed by atoms with Gasteiger partial charge in [0.25, 0.3) is 0 Å². The van der Waals surface area contributed by atoms with E-state index in [0.29, 0.717) is 6.42 Å². The van der Waals surface area contributed by atoms with E-state index in [2.05, 4.69) is 57.2 Å². The lowest BCUT2D eigenvalue weighted by atomic mass is 9.86. The van der Waals surface area contributed by atoms with Crippen LogP contribution in [-0.2, 0) is 26.1 Å². The molecule has 0 bridgehead atoms. The summed E-state index contributed by atoms with van der Waals surface area (Å²) in [7, 11) is 0. The lowest BCUT2D eigenvalue weighted by Gasteiger charge is -2.25. The van der Waals surface area contributed by atoms with Gasteiger partial charge >= 0.3 is 12.1 Å². The van der Waals surface area contributed by atoms with Crippen LogP contribution < -0.4 is 0 Å². The quantitative estimate of drug-likeness (QED) is 0.437. The van der Waals surface area contributed by atoms with Crippen LogP contribution in [0.2, 0.25) is 0 Å². The van der Waals surface area contributed by atoms with E-state index in [0.717, 1.165) is 16.7 Å². The van der Waals surface area contributed by atoms with Crippen molar-refractivity contribution in [3.8, 4) is 11.1 Å². The fourth-order valence-corrected chi connectivity index (χ4v) is 5.16. The first-order valence-electron chi connectivity index (χ1n) is 12.2. The van der Waals surface area contributed by atoms with Gasteiger partial charge in [-0.1, -0.05) is 93.6 Å². The third kappa shape index (κ3) is 4.31. The summed E-state index contributed by atoms with van der Waals surface area (Å²) in [5, 5.41) is 0. The molecule has 2 aliphatic rings. The molecule has 0 radical (unpaired) electrons. The Morgan fingerprint density at radius 1 is 0.914 bits per heavy atom. The van der Waals surface area contributed by atoms with Gasteiger partial charge < -0.3 is 9.47 Å². The summed E-state index contributed by atoms with van der Waals surface area (Å²) in [5.41, 5.74) is 6.90. The zero-order chi connectivity index (χ0) is 24.7. The molecule has 1 unspecified atom stereocenters. The fourth-order valence-electron chi connectivity index (χ4n) is 5.16. The van der Waals surface area contributed by atoms with Crippen molar-refractivity contribution in [1.29, 1.82) is 0 Å². The molecule has 1 amide bonds. The molecule has 1 heterocycles. The maximum Gasteiger partial charge on any atom is 0.413 e. The maximum absolute atomic E-state index is 13.2. The van der Waals surface area contributed by atoms with Crippen molar-refractivity contribution in [3.05, 3.63) is 95.1 Å². The molecule has 0 saturated carbocycles. The summed E-state index contributed by atoms with van der Waals surface area (Å²) in [6.45, 7) is 8.41. The second kappa shape index (κ2) is 8.88. The van der Waals surface area contributed by atoms with Gasteiger partial charge in [-0.15, -0.1) is 0 Å². The van der Waals surface area contributed by atoms with Crippen LogP contribution in [0.25, 0.3) is 11.1 Å². The second-order valence-corrected chi connectivity index (χ2v) is 10.4. The molecule has 1 fully saturated rings. The first kappa shape index (κ1) is 23.2. The number of hydrogen-bond acceptors (Lipinski definition) is 4. The van der Waals surface area contributed by atoms with Gasteiger partial charge in [0.15, 0.2) is 6.23 Å². The summed E-state index contributed by atoms with van der Waals surface area (Å²) in [4.78, 5) is 27.3. The van der Waals surface area contributed by atoms with Gasteiger partial charge in [0.1, 0.15) is 12.6 Å². The number of cyclic esters (lactones) is 1. The zero-order valence-corrected chi connectivity index (χ0v) is 20.7. The monoisotopic (exact) mass is 469 g/mol. The Balaban J connectivity index is 1.32. The van der Waals surface area contributed by atoms with E-state index < -0.39 is 24.3 Å². The van der Waals surface area contributed by atoms with Gasteiger partial charge in [-0.2, -0.15) is 0 Å². The van der Waals surface area contributed by atoms with Crippen molar-refractivity contribution in [1.82, 2.24) is 4.90 Å². The Hall–Kier alpha value is -3.60. The molecule has 180 valence electrons. The van der Waals surface area contributed by atoms with Gasteiger partial charge in [-0.3, -0.25) is 4.90 Å². The minimum Gasteiger partial charge on any atom is -0.448 e. The Kier molecular flexibility index (Phi) is 5.87. The van der Waals surface area contributed by atoms with Crippen LogP contribution >= 0.6 is 0 Å². The molecule has 35 heavy (non-hydrogen) atoms. The SMILES string of the molecule is CC1OC(=O)[C@H](Cc2ccc(C(C)(C)C)cc2)N1C(=O)OCC1c2ccccc2-c2ccccc21. The zero-order valence-electron chi connectivity index (χ0n) is 20.7. The van der Waals surface area contributed by atoms with Crippen LogP contribution in [0.4, 0.5) is 4.79 Å². The van der Waals surface area contributed by atoms with Gasteiger partial charge in [0.2, 0.25) is 0 Å². The summed E-state index contributed by atoms with van der Waals surface area (Å²) in [6, 6.07) is 23.9. The summed E-state index contributed by atoms with van der Waals surface area (Å²) < 4.78 is 11.3. The van der Waals surface area contributed by atoms with Crippen molar-refractivity contribution in [2.45, 2.75) is 57.7 Å². The number of ether oxygens (including phenoxy) is 2. The molecule has 0 aromatic heterocycles. The first-order chi connectivity index (χ1) is 16.7. The number of amides is 1. The highest BCUT2D eigenvalue weighted by molar-refractivity contribution is 5.85. The number of carbonyl (C=O) groups excluding carboxylic acids is 2. The third-order valence-electron chi connectivity index (χ3n) is 7.08. The van der Waals surface area contributed by atoms with Crippen LogP contribution in [0.1, 0.15) is 55.9 Å². The first-order valence-corrected chi connectivity index (χ1v) is 12.2. The van der Waals surface area contributed by atoms with E-state index in [1.54, 1.807) is 6.92 Å². The normalized spacial score (nSPS) is 19.3. The minimum absolute atomic E-state index is 0.0377. The van der Waals surface area contributed by atoms with Crippen LogP contribution in [0.5, 0.6) is 0 Å². The Bertz CT molecular complexity index is 1210. The molecule has 1 aliphatic carbocycles. The minimum atomic E-state index is -0.707. The summed E-state index contributed by atoms with van der Waals surface area (Å²) in [6.07, 6.45) is -0.809. The average Bonchev–Trinajstić information content (AvgIpc) is 3.30. The lowest BCUT2D eigenvalue weighted by molar-refractivity contribution is -0.141. The predicted octanol–water partition coefficient (Wildman–Crippen LogP) is 6.05. The highest BCUT2D eigenvalue weighted by atomic mass is 16.6. The fraction of sp³-hybridized carbons (Fsp3) is 0.333. The number of rotatable bonds is 4. The number of esters is 1. The molecule has 1 aliphatic heterocycles. The molecule has 3 aromatic rings. The van der Waals surface area contributed by atoms with Gasteiger partial charge in [0, 0.05) is 12.3 Å². The van der Waals surface area contributed by atoms with Crippen molar-refractivity contribution >= 4 is 12.1 Å². The molecular formula is C30H31NO4. The van der Waals surface area contributed by atoms with Crippen molar-refractivity contribution in [3.63, 3.8) is 0 Å². The summed E-state index contributed by atoms with van der Waals surface area (Å²) in [5.74, 6) is -0.435. The number of benzene rings is 3. The molecule has 5 heteroatoms. The lowest BCUT2D eigenvalue weighted by Crippen LogP contribution is -2.43. The van der Waals surface area contributed by atoms with Gasteiger partial charge in [0.05, 0.1) is 0 Å². The van der Waals surface area contributed by atoms with E-state index in [1.807, 2.05) is 36.4 Å². The predicted molar refractivity (Wildman–Crippen MR) is 135 cm³/mol. The largest absolute Gasteiger partial charge is 0.448 e. The van der Waals surface area contributed by atoms with E-state index >= 15 is 0 Å². The summed E-state index contributed by atoms with van der Waals surface area (Å²) >= 11 is 0. The highest BCUT2D eigenvalue weighted by Crippen LogP contribution is 2.44. The van der Waals surface area contributed by atoms with E-state index in [9.17, 15) is 9.59 Å². The topological polar surface area (TPSA) is 55.8 Å². The van der Waals surface area contributed by atoms with Crippen LogP contribution in [0.3, 0.4) is 0 Å². The van der Waals surface area contributed by atoms with Crippen LogP contribution in [0.15, 0.2) is 72.8 Å². The van der Waals surface area contributed by atoms with Crippen LogP contribution in [0, 0.1) is 0 Å². The van der Waals surface area contributed by atoms with Crippen molar-refractivity contribution in [2.24, 2.45) is 0 Å². The molecule has 5 nitrogen and oxygen atoms in total.